The van der Waals surface area contributed by atoms with Crippen molar-refractivity contribution in [2.75, 3.05) is 19.1 Å². The van der Waals surface area contributed by atoms with Crippen LogP contribution in [-0.2, 0) is 9.53 Å². The van der Waals surface area contributed by atoms with Crippen molar-refractivity contribution < 1.29 is 27.8 Å². The molecule has 0 aromatic heterocycles. The standard InChI is InChI=1S/C22H22F2N2O4S/c1-12-6-5-7-15(10-12)26-13(2)18(20(27)29-4)19(25-22(26)31)14-8-9-16(30-21(23)24)17(11-14)28-3/h5-11,19,21H,1-4H3,(H,25,31). The average molecular weight is 448 g/mol. The average Bonchev–Trinajstić information content (AvgIpc) is 2.73. The van der Waals surface area contributed by atoms with Gasteiger partial charge in [-0.15, -0.1) is 0 Å². The Balaban J connectivity index is 2.11. The monoisotopic (exact) mass is 448 g/mol. The van der Waals surface area contributed by atoms with Crippen molar-refractivity contribution in [3.8, 4) is 11.5 Å². The van der Waals surface area contributed by atoms with Gasteiger partial charge in [0.2, 0.25) is 0 Å². The molecule has 1 aliphatic heterocycles. The van der Waals surface area contributed by atoms with E-state index in [1.807, 2.05) is 31.2 Å². The van der Waals surface area contributed by atoms with Gasteiger partial charge >= 0.3 is 12.6 Å². The predicted molar refractivity (Wildman–Crippen MR) is 116 cm³/mol. The number of alkyl halides is 2. The number of ether oxygens (including phenoxy) is 3. The summed E-state index contributed by atoms with van der Waals surface area (Å²) in [5.74, 6) is -0.545. The minimum Gasteiger partial charge on any atom is -0.493 e. The van der Waals surface area contributed by atoms with Gasteiger partial charge in [0, 0.05) is 11.4 Å². The Morgan fingerprint density at radius 2 is 1.87 bits per heavy atom. The van der Waals surface area contributed by atoms with Crippen LogP contribution in [0.15, 0.2) is 53.7 Å². The SMILES string of the molecule is COC(=O)C1=C(C)N(c2cccc(C)c2)C(=S)NC1c1ccc(OC(F)F)c(OC)c1. The second-order valence-electron chi connectivity index (χ2n) is 6.84. The van der Waals surface area contributed by atoms with Crippen LogP contribution in [0.5, 0.6) is 11.5 Å². The largest absolute Gasteiger partial charge is 0.493 e. The second-order valence-corrected chi connectivity index (χ2v) is 7.22. The first kappa shape index (κ1) is 22.5. The summed E-state index contributed by atoms with van der Waals surface area (Å²) in [7, 11) is 2.64. The Labute approximate surface area is 184 Å². The van der Waals surface area contributed by atoms with E-state index >= 15 is 0 Å². The van der Waals surface area contributed by atoms with E-state index in [1.54, 1.807) is 17.9 Å². The van der Waals surface area contributed by atoms with Crippen LogP contribution in [0.1, 0.15) is 24.1 Å². The minimum absolute atomic E-state index is 0.105. The van der Waals surface area contributed by atoms with E-state index in [-0.39, 0.29) is 11.5 Å². The summed E-state index contributed by atoms with van der Waals surface area (Å²) in [4.78, 5) is 14.5. The number of nitrogens with one attached hydrogen (secondary N) is 1. The highest BCUT2D eigenvalue weighted by atomic mass is 32.1. The maximum Gasteiger partial charge on any atom is 0.387 e. The number of aryl methyl sites for hydroxylation is 1. The first-order chi connectivity index (χ1) is 14.8. The van der Waals surface area contributed by atoms with E-state index in [0.717, 1.165) is 11.3 Å². The van der Waals surface area contributed by atoms with Crippen molar-refractivity contribution in [2.45, 2.75) is 26.5 Å². The molecule has 1 unspecified atom stereocenters. The third-order valence-electron chi connectivity index (χ3n) is 4.89. The van der Waals surface area contributed by atoms with Gasteiger partial charge < -0.3 is 19.5 Å². The number of allylic oxidation sites excluding steroid dienone is 1. The Morgan fingerprint density at radius 3 is 2.48 bits per heavy atom. The Morgan fingerprint density at radius 1 is 1.13 bits per heavy atom. The Kier molecular flexibility index (Phi) is 6.74. The molecular weight excluding hydrogens is 426 g/mol. The number of methoxy groups -OCH3 is 2. The highest BCUT2D eigenvalue weighted by Crippen LogP contribution is 2.38. The normalized spacial score (nSPS) is 16.3. The van der Waals surface area contributed by atoms with Gasteiger partial charge in [-0.05, 0) is 61.5 Å². The van der Waals surface area contributed by atoms with Crippen LogP contribution in [0.4, 0.5) is 14.5 Å². The van der Waals surface area contributed by atoms with Crippen molar-refractivity contribution in [1.82, 2.24) is 5.32 Å². The molecule has 0 bridgehead atoms. The molecule has 3 rings (SSSR count). The number of thiocarbonyl (C=S) groups is 1. The number of rotatable bonds is 6. The number of esters is 1. The first-order valence-electron chi connectivity index (χ1n) is 9.36. The van der Waals surface area contributed by atoms with Gasteiger partial charge in [0.25, 0.3) is 0 Å². The molecule has 0 amide bonds. The summed E-state index contributed by atoms with van der Waals surface area (Å²) in [5, 5.41) is 3.54. The molecule has 0 saturated heterocycles. The zero-order chi connectivity index (χ0) is 22.7. The molecule has 31 heavy (non-hydrogen) atoms. The number of anilines is 1. The van der Waals surface area contributed by atoms with Gasteiger partial charge in [-0.2, -0.15) is 8.78 Å². The molecule has 164 valence electrons. The molecular formula is C22H22F2N2O4S. The van der Waals surface area contributed by atoms with E-state index < -0.39 is 18.6 Å². The Bertz CT molecular complexity index is 1040. The van der Waals surface area contributed by atoms with E-state index in [9.17, 15) is 13.6 Å². The molecule has 1 N–H and O–H groups in total. The smallest absolute Gasteiger partial charge is 0.387 e. The summed E-state index contributed by atoms with van der Waals surface area (Å²) >= 11 is 5.60. The number of hydrogen-bond donors (Lipinski definition) is 1. The number of nitrogens with zero attached hydrogens (tertiary/aromatic N) is 1. The molecule has 2 aromatic rings. The van der Waals surface area contributed by atoms with Gasteiger partial charge in [-0.25, -0.2) is 4.79 Å². The molecule has 1 heterocycles. The molecule has 0 saturated carbocycles. The van der Waals surface area contributed by atoms with Crippen LogP contribution < -0.4 is 19.7 Å². The van der Waals surface area contributed by atoms with Gasteiger partial charge in [0.1, 0.15) is 0 Å². The highest BCUT2D eigenvalue weighted by molar-refractivity contribution is 7.80. The fourth-order valence-electron chi connectivity index (χ4n) is 3.50. The number of benzene rings is 2. The van der Waals surface area contributed by atoms with E-state index in [2.05, 4.69) is 10.1 Å². The van der Waals surface area contributed by atoms with Crippen LogP contribution in [0, 0.1) is 6.92 Å². The highest BCUT2D eigenvalue weighted by Gasteiger charge is 2.35. The first-order valence-corrected chi connectivity index (χ1v) is 9.76. The van der Waals surface area contributed by atoms with E-state index in [4.69, 9.17) is 21.7 Å². The molecule has 1 atom stereocenters. The van der Waals surface area contributed by atoms with Crippen LogP contribution in [0.3, 0.4) is 0 Å². The summed E-state index contributed by atoms with van der Waals surface area (Å²) in [6, 6.07) is 11.5. The lowest BCUT2D eigenvalue weighted by atomic mass is 9.94. The third-order valence-corrected chi connectivity index (χ3v) is 5.19. The second kappa shape index (κ2) is 9.30. The number of carbonyl (C=O) groups excluding carboxylic acids is 1. The lowest BCUT2D eigenvalue weighted by Crippen LogP contribution is -2.48. The summed E-state index contributed by atoms with van der Waals surface area (Å²) in [5.41, 5.74) is 3.34. The van der Waals surface area contributed by atoms with E-state index in [1.165, 1.54) is 26.4 Å². The fourth-order valence-corrected chi connectivity index (χ4v) is 3.86. The predicted octanol–water partition coefficient (Wildman–Crippen LogP) is 4.49. The quantitative estimate of drug-likeness (QED) is 0.516. The van der Waals surface area contributed by atoms with Crippen LogP contribution in [0.2, 0.25) is 0 Å². The van der Waals surface area contributed by atoms with Crippen molar-refractivity contribution in [3.63, 3.8) is 0 Å². The number of hydrogen-bond acceptors (Lipinski definition) is 5. The van der Waals surface area contributed by atoms with Gasteiger partial charge in [-0.3, -0.25) is 4.90 Å². The van der Waals surface area contributed by atoms with Crippen LogP contribution >= 0.6 is 12.2 Å². The number of halogens is 2. The summed E-state index contributed by atoms with van der Waals surface area (Å²) < 4.78 is 40.0. The fraction of sp³-hybridized carbons (Fsp3) is 0.273. The molecule has 0 spiro atoms. The minimum atomic E-state index is -2.99. The van der Waals surface area contributed by atoms with E-state index in [0.29, 0.717) is 21.9 Å². The molecule has 6 nitrogen and oxygen atoms in total. The number of carbonyl (C=O) groups is 1. The third kappa shape index (κ3) is 4.61. The zero-order valence-electron chi connectivity index (χ0n) is 17.4. The molecule has 2 aromatic carbocycles. The maximum atomic E-state index is 12.7. The molecule has 0 fully saturated rings. The van der Waals surface area contributed by atoms with Gasteiger partial charge in [0.15, 0.2) is 16.6 Å². The molecule has 1 aliphatic rings. The summed E-state index contributed by atoms with van der Waals surface area (Å²) in [6.07, 6.45) is 0. The summed E-state index contributed by atoms with van der Waals surface area (Å²) in [6.45, 7) is 0.749. The van der Waals surface area contributed by atoms with Crippen LogP contribution in [0.25, 0.3) is 0 Å². The zero-order valence-corrected chi connectivity index (χ0v) is 18.3. The molecule has 0 aliphatic carbocycles. The van der Waals surface area contributed by atoms with Crippen LogP contribution in [-0.4, -0.2) is 31.9 Å². The van der Waals surface area contributed by atoms with Crippen molar-refractivity contribution in [1.29, 1.82) is 0 Å². The van der Waals surface area contributed by atoms with Crippen molar-refractivity contribution in [2.24, 2.45) is 0 Å². The molecule has 0 radical (unpaired) electrons. The molecule has 9 heteroatoms. The lowest BCUT2D eigenvalue weighted by Gasteiger charge is -2.37. The lowest BCUT2D eigenvalue weighted by molar-refractivity contribution is -0.136. The Hall–Kier alpha value is -3.20. The van der Waals surface area contributed by atoms with Gasteiger partial charge in [-0.1, -0.05) is 18.2 Å². The maximum absolute atomic E-state index is 12.7. The van der Waals surface area contributed by atoms with Crippen molar-refractivity contribution in [3.05, 3.63) is 64.9 Å². The topological polar surface area (TPSA) is 60.0 Å². The van der Waals surface area contributed by atoms with Crippen molar-refractivity contribution >= 4 is 29.0 Å². The van der Waals surface area contributed by atoms with Gasteiger partial charge in [0.05, 0.1) is 25.8 Å².